The van der Waals surface area contributed by atoms with Gasteiger partial charge in [0.25, 0.3) is 5.91 Å². The Labute approximate surface area is 189 Å². The molecule has 0 spiro atoms. The number of rotatable bonds is 3. The zero-order valence-corrected chi connectivity index (χ0v) is 17.8. The maximum Gasteiger partial charge on any atom is 0.416 e. The maximum absolute atomic E-state index is 13.2. The number of aromatic nitrogens is 2. The Morgan fingerprint density at radius 2 is 1.88 bits per heavy atom. The van der Waals surface area contributed by atoms with E-state index in [-0.39, 0.29) is 11.8 Å². The predicted molar refractivity (Wildman–Crippen MR) is 121 cm³/mol. The lowest BCUT2D eigenvalue weighted by atomic mass is 9.93. The van der Waals surface area contributed by atoms with Gasteiger partial charge in [-0.1, -0.05) is 18.2 Å². The number of likely N-dealkylation sites (tertiary alicyclic amines) is 1. The molecule has 0 aliphatic carbocycles. The molecule has 33 heavy (non-hydrogen) atoms. The van der Waals surface area contributed by atoms with Crippen LogP contribution >= 0.6 is 0 Å². The van der Waals surface area contributed by atoms with Gasteiger partial charge in [-0.05, 0) is 61.4 Å². The summed E-state index contributed by atoms with van der Waals surface area (Å²) in [5.74, 6) is 0.0151. The number of alkyl halides is 3. The molecule has 0 unspecified atom stereocenters. The highest BCUT2D eigenvalue weighted by molar-refractivity contribution is 5.98. The van der Waals surface area contributed by atoms with Crippen molar-refractivity contribution in [1.82, 2.24) is 14.9 Å². The molecule has 1 saturated heterocycles. The van der Waals surface area contributed by atoms with Crippen LogP contribution in [-0.2, 0) is 6.18 Å². The van der Waals surface area contributed by atoms with Gasteiger partial charge in [0.15, 0.2) is 0 Å². The first-order valence-electron chi connectivity index (χ1n) is 10.9. The third kappa shape index (κ3) is 4.35. The van der Waals surface area contributed by atoms with Crippen LogP contribution in [0.3, 0.4) is 0 Å². The van der Waals surface area contributed by atoms with Crippen molar-refractivity contribution in [2.45, 2.75) is 24.9 Å². The van der Waals surface area contributed by atoms with Gasteiger partial charge in [-0.3, -0.25) is 9.78 Å². The molecule has 1 aliphatic rings. The zero-order valence-electron chi connectivity index (χ0n) is 17.8. The number of carbonyl (C=O) groups excluding carboxylic acids is 1. The van der Waals surface area contributed by atoms with Crippen molar-refractivity contribution in [3.63, 3.8) is 0 Å². The number of amides is 1. The number of carbonyl (C=O) groups is 1. The van der Waals surface area contributed by atoms with Crippen LogP contribution < -0.4 is 0 Å². The van der Waals surface area contributed by atoms with Crippen LogP contribution in [-0.4, -0.2) is 33.9 Å². The topological polar surface area (TPSA) is 49.0 Å². The Morgan fingerprint density at radius 1 is 1.03 bits per heavy atom. The second-order valence-electron chi connectivity index (χ2n) is 8.40. The third-order valence-corrected chi connectivity index (χ3v) is 6.18. The van der Waals surface area contributed by atoms with Crippen LogP contribution in [0.4, 0.5) is 13.2 Å². The molecular weight excluding hydrogens is 427 g/mol. The smallest absolute Gasteiger partial charge is 0.361 e. The molecule has 0 radical (unpaired) electrons. The van der Waals surface area contributed by atoms with Crippen molar-refractivity contribution >= 4 is 16.8 Å². The van der Waals surface area contributed by atoms with E-state index in [4.69, 9.17) is 0 Å². The molecule has 1 atom stereocenters. The van der Waals surface area contributed by atoms with E-state index >= 15 is 0 Å². The summed E-state index contributed by atoms with van der Waals surface area (Å²) in [7, 11) is 0. The molecule has 1 fully saturated rings. The van der Waals surface area contributed by atoms with Crippen LogP contribution in [0.25, 0.3) is 22.2 Å². The summed E-state index contributed by atoms with van der Waals surface area (Å²) in [6.07, 6.45) is -0.835. The van der Waals surface area contributed by atoms with Gasteiger partial charge in [0.1, 0.15) is 0 Å². The second-order valence-corrected chi connectivity index (χ2v) is 8.40. The van der Waals surface area contributed by atoms with Crippen molar-refractivity contribution in [2.24, 2.45) is 0 Å². The minimum absolute atomic E-state index is 0.0168. The molecule has 1 aliphatic heterocycles. The summed E-state index contributed by atoms with van der Waals surface area (Å²) in [5.41, 5.74) is 2.66. The second kappa shape index (κ2) is 8.39. The van der Waals surface area contributed by atoms with Crippen molar-refractivity contribution in [3.8, 4) is 11.3 Å². The standard InChI is InChI=1S/C26H22F3N3O/c27-26(28,29)21-6-1-4-17(15-21)23-7-2-8-24(31-23)20-5-3-13-32(16-20)25(33)19-9-10-22-18(14-19)11-12-30-22/h1-2,4,6-12,14-15,20,30H,3,5,13,16H2/t20-/m0/s1. The van der Waals surface area contributed by atoms with Gasteiger partial charge in [0.05, 0.1) is 11.3 Å². The van der Waals surface area contributed by atoms with Crippen molar-refractivity contribution in [2.75, 3.05) is 13.1 Å². The molecule has 2 aromatic carbocycles. The summed E-state index contributed by atoms with van der Waals surface area (Å²) >= 11 is 0. The van der Waals surface area contributed by atoms with E-state index < -0.39 is 11.7 Å². The highest BCUT2D eigenvalue weighted by Gasteiger charge is 2.31. The Kier molecular flexibility index (Phi) is 5.40. The first kappa shape index (κ1) is 21.2. The number of piperidine rings is 1. The van der Waals surface area contributed by atoms with Gasteiger partial charge in [-0.2, -0.15) is 13.2 Å². The zero-order chi connectivity index (χ0) is 23.0. The number of fused-ring (bicyclic) bond motifs is 1. The van der Waals surface area contributed by atoms with E-state index in [2.05, 4.69) is 9.97 Å². The van der Waals surface area contributed by atoms with Crippen molar-refractivity contribution < 1.29 is 18.0 Å². The summed E-state index contributed by atoms with van der Waals surface area (Å²) in [6, 6.07) is 18.2. The van der Waals surface area contributed by atoms with Crippen LogP contribution in [0.5, 0.6) is 0 Å². The number of hydrogen-bond donors (Lipinski definition) is 1. The molecule has 5 rings (SSSR count). The van der Waals surface area contributed by atoms with Crippen LogP contribution in [0.15, 0.2) is 72.9 Å². The van der Waals surface area contributed by atoms with Gasteiger partial charge in [0, 0.05) is 52.9 Å². The lowest BCUT2D eigenvalue weighted by molar-refractivity contribution is -0.137. The average Bonchev–Trinajstić information content (AvgIpc) is 3.31. The predicted octanol–water partition coefficient (Wildman–Crippen LogP) is 6.27. The fourth-order valence-electron chi connectivity index (χ4n) is 4.47. The number of hydrogen-bond acceptors (Lipinski definition) is 2. The average molecular weight is 449 g/mol. The molecule has 2 aromatic heterocycles. The van der Waals surface area contributed by atoms with Crippen LogP contribution in [0.2, 0.25) is 0 Å². The number of nitrogens with one attached hydrogen (secondary N) is 1. The summed E-state index contributed by atoms with van der Waals surface area (Å²) in [5, 5.41) is 0.991. The highest BCUT2D eigenvalue weighted by Crippen LogP contribution is 2.33. The number of H-pyrrole nitrogens is 1. The third-order valence-electron chi connectivity index (χ3n) is 6.18. The molecule has 3 heterocycles. The van der Waals surface area contributed by atoms with Gasteiger partial charge >= 0.3 is 6.18 Å². The number of nitrogens with zero attached hydrogens (tertiary/aromatic N) is 2. The van der Waals surface area contributed by atoms with Gasteiger partial charge in [0.2, 0.25) is 0 Å². The first-order chi connectivity index (χ1) is 15.9. The fraction of sp³-hybridized carbons (Fsp3) is 0.231. The van der Waals surface area contributed by atoms with Gasteiger partial charge < -0.3 is 9.88 Å². The molecule has 7 heteroatoms. The molecule has 4 nitrogen and oxygen atoms in total. The van der Waals surface area contributed by atoms with Gasteiger partial charge in [-0.25, -0.2) is 0 Å². The van der Waals surface area contributed by atoms with E-state index in [1.807, 2.05) is 47.5 Å². The molecule has 4 aromatic rings. The largest absolute Gasteiger partial charge is 0.416 e. The molecule has 1 N–H and O–H groups in total. The number of halogens is 3. The van der Waals surface area contributed by atoms with Gasteiger partial charge in [-0.15, -0.1) is 0 Å². The summed E-state index contributed by atoms with van der Waals surface area (Å²) in [6.45, 7) is 1.21. The van der Waals surface area contributed by atoms with E-state index in [9.17, 15) is 18.0 Å². The fourth-order valence-corrected chi connectivity index (χ4v) is 4.47. The Bertz CT molecular complexity index is 1310. The van der Waals surface area contributed by atoms with Crippen LogP contribution in [0, 0.1) is 0 Å². The first-order valence-corrected chi connectivity index (χ1v) is 10.9. The SMILES string of the molecule is O=C(c1ccc2[nH]ccc2c1)N1CCC[C@H](c2cccc(-c3cccc(C(F)(F)F)c3)n2)C1. The Balaban J connectivity index is 1.37. The monoisotopic (exact) mass is 449 g/mol. The minimum Gasteiger partial charge on any atom is -0.361 e. The summed E-state index contributed by atoms with van der Waals surface area (Å²) in [4.78, 5) is 22.8. The lowest BCUT2D eigenvalue weighted by Gasteiger charge is -2.32. The molecule has 0 saturated carbocycles. The Hall–Kier alpha value is -3.61. The van der Waals surface area contributed by atoms with Crippen molar-refractivity contribution in [3.05, 3.63) is 89.7 Å². The number of aromatic amines is 1. The van der Waals surface area contributed by atoms with E-state index in [1.165, 1.54) is 6.07 Å². The highest BCUT2D eigenvalue weighted by atomic mass is 19.4. The van der Waals surface area contributed by atoms with Crippen molar-refractivity contribution in [1.29, 1.82) is 0 Å². The maximum atomic E-state index is 13.2. The van der Waals surface area contributed by atoms with E-state index in [0.717, 1.165) is 41.6 Å². The van der Waals surface area contributed by atoms with E-state index in [1.54, 1.807) is 12.1 Å². The number of benzene rings is 2. The Morgan fingerprint density at radius 3 is 2.73 bits per heavy atom. The lowest BCUT2D eigenvalue weighted by Crippen LogP contribution is -2.39. The molecule has 0 bridgehead atoms. The molecular formula is C26H22F3N3O. The van der Waals surface area contributed by atoms with Crippen LogP contribution in [0.1, 0.15) is 40.4 Å². The molecule has 168 valence electrons. The summed E-state index contributed by atoms with van der Waals surface area (Å²) < 4.78 is 39.4. The normalized spacial score (nSPS) is 16.8. The quantitative estimate of drug-likeness (QED) is 0.401. The minimum atomic E-state index is -4.40. The number of pyridine rings is 1. The van der Waals surface area contributed by atoms with E-state index in [0.29, 0.717) is 29.9 Å². The molecule has 1 amide bonds.